The summed E-state index contributed by atoms with van der Waals surface area (Å²) in [5.41, 5.74) is 0. The van der Waals surface area contributed by atoms with Crippen LogP contribution >= 0.6 is 0 Å². The van der Waals surface area contributed by atoms with Gasteiger partial charge in [-0.05, 0) is 19.3 Å². The molecule has 0 bridgehead atoms. The molecular formula is C39H77NO4. The number of hydrogen-bond donors (Lipinski definition) is 4. The van der Waals surface area contributed by atoms with Gasteiger partial charge in [0.2, 0.25) is 5.91 Å². The molecule has 4 N–H and O–H groups in total. The summed E-state index contributed by atoms with van der Waals surface area (Å²) < 4.78 is 0. The van der Waals surface area contributed by atoms with E-state index < -0.39 is 18.2 Å². The Morgan fingerprint density at radius 3 is 1.32 bits per heavy atom. The quantitative estimate of drug-likeness (QED) is 0.0418. The first-order chi connectivity index (χ1) is 21.5. The number of amides is 1. The third kappa shape index (κ3) is 31.1. The first-order valence-electron chi connectivity index (χ1n) is 19.5. The molecule has 0 saturated carbocycles. The van der Waals surface area contributed by atoms with Crippen molar-refractivity contribution in [1.29, 1.82) is 0 Å². The molecule has 0 aliphatic rings. The van der Waals surface area contributed by atoms with E-state index in [-0.39, 0.29) is 18.9 Å². The molecule has 1 amide bonds. The van der Waals surface area contributed by atoms with Gasteiger partial charge in [0.15, 0.2) is 0 Å². The summed E-state index contributed by atoms with van der Waals surface area (Å²) in [4.78, 5) is 12.4. The first kappa shape index (κ1) is 43.1. The SMILES string of the molecule is CCCCCCCCCCC/C=C/C(O)C(CO)NC(=O)CC(O)CCCCCCCCCCCCCCCCCCCC. The Bertz CT molecular complexity index is 611. The molecule has 0 fully saturated rings. The van der Waals surface area contributed by atoms with Crippen molar-refractivity contribution >= 4 is 5.91 Å². The predicted molar refractivity (Wildman–Crippen MR) is 190 cm³/mol. The van der Waals surface area contributed by atoms with Gasteiger partial charge in [0.25, 0.3) is 0 Å². The minimum atomic E-state index is -0.922. The molecule has 44 heavy (non-hydrogen) atoms. The third-order valence-corrected chi connectivity index (χ3v) is 9.07. The van der Waals surface area contributed by atoms with Crippen LogP contribution in [0, 0.1) is 0 Å². The van der Waals surface area contributed by atoms with Gasteiger partial charge in [0.05, 0.1) is 31.3 Å². The zero-order chi connectivity index (χ0) is 32.4. The lowest BCUT2D eigenvalue weighted by Crippen LogP contribution is -2.45. The zero-order valence-corrected chi connectivity index (χ0v) is 29.6. The summed E-state index contributed by atoms with van der Waals surface area (Å²) in [6.45, 7) is 4.20. The fourth-order valence-corrected chi connectivity index (χ4v) is 6.05. The average molecular weight is 624 g/mol. The standard InChI is InChI=1S/C39H77NO4/c1-3-5-7-9-11-13-15-16-17-18-19-20-21-23-24-26-28-30-32-36(42)34-39(44)40-37(35-41)38(43)33-31-29-27-25-22-14-12-10-8-6-4-2/h31,33,36-38,41-43H,3-30,32,34-35H2,1-2H3,(H,40,44)/b33-31+. The van der Waals surface area contributed by atoms with Gasteiger partial charge in [-0.1, -0.05) is 193 Å². The summed E-state index contributed by atoms with van der Waals surface area (Å²) >= 11 is 0. The molecule has 0 saturated heterocycles. The summed E-state index contributed by atoms with van der Waals surface area (Å²) in [5.74, 6) is -0.314. The van der Waals surface area contributed by atoms with E-state index in [4.69, 9.17) is 0 Å². The van der Waals surface area contributed by atoms with Gasteiger partial charge in [0.1, 0.15) is 0 Å². The molecule has 3 unspecified atom stereocenters. The maximum Gasteiger partial charge on any atom is 0.222 e. The van der Waals surface area contributed by atoms with Crippen molar-refractivity contribution in [3.8, 4) is 0 Å². The molecule has 5 heteroatoms. The predicted octanol–water partition coefficient (Wildman–Crippen LogP) is 10.5. The van der Waals surface area contributed by atoms with Crippen molar-refractivity contribution in [3.63, 3.8) is 0 Å². The van der Waals surface area contributed by atoms with Crippen LogP contribution in [0.3, 0.4) is 0 Å². The van der Waals surface area contributed by atoms with Crippen LogP contribution in [0.25, 0.3) is 0 Å². The van der Waals surface area contributed by atoms with Crippen LogP contribution in [-0.4, -0.2) is 46.1 Å². The first-order valence-corrected chi connectivity index (χ1v) is 19.5. The zero-order valence-electron chi connectivity index (χ0n) is 29.6. The second kappa shape index (κ2) is 35.0. The normalized spacial score (nSPS) is 13.8. The number of allylic oxidation sites excluding steroid dienone is 1. The summed E-state index contributed by atoms with van der Waals surface area (Å²) in [6, 6.07) is -0.737. The minimum Gasteiger partial charge on any atom is -0.394 e. The Morgan fingerprint density at radius 1 is 0.568 bits per heavy atom. The Labute approximate surface area is 274 Å². The van der Waals surface area contributed by atoms with Gasteiger partial charge in [-0.3, -0.25) is 4.79 Å². The van der Waals surface area contributed by atoms with Crippen molar-refractivity contribution in [1.82, 2.24) is 5.32 Å². The van der Waals surface area contributed by atoms with Crippen LogP contribution in [0.2, 0.25) is 0 Å². The molecule has 262 valence electrons. The van der Waals surface area contributed by atoms with E-state index in [0.717, 1.165) is 25.7 Å². The van der Waals surface area contributed by atoms with Crippen LogP contribution in [0.15, 0.2) is 12.2 Å². The Balaban J connectivity index is 3.65. The highest BCUT2D eigenvalue weighted by atomic mass is 16.3. The lowest BCUT2D eigenvalue weighted by molar-refractivity contribution is -0.124. The number of aliphatic hydroxyl groups excluding tert-OH is 3. The van der Waals surface area contributed by atoms with E-state index >= 15 is 0 Å². The molecule has 0 aliphatic heterocycles. The Morgan fingerprint density at radius 2 is 0.932 bits per heavy atom. The van der Waals surface area contributed by atoms with Crippen molar-refractivity contribution in [2.45, 2.75) is 225 Å². The van der Waals surface area contributed by atoms with Gasteiger partial charge in [-0.2, -0.15) is 0 Å². The second-order valence-corrected chi connectivity index (χ2v) is 13.5. The summed E-state index contributed by atoms with van der Waals surface area (Å²) in [6.07, 6.45) is 39.1. The van der Waals surface area contributed by atoms with Gasteiger partial charge in [-0.25, -0.2) is 0 Å². The van der Waals surface area contributed by atoms with E-state index in [2.05, 4.69) is 19.2 Å². The van der Waals surface area contributed by atoms with Crippen molar-refractivity contribution in [2.75, 3.05) is 6.61 Å². The molecule has 0 aliphatic carbocycles. The van der Waals surface area contributed by atoms with Gasteiger partial charge in [-0.15, -0.1) is 0 Å². The molecule has 0 aromatic heterocycles. The van der Waals surface area contributed by atoms with E-state index in [1.54, 1.807) is 6.08 Å². The smallest absolute Gasteiger partial charge is 0.222 e. The molecule has 0 heterocycles. The molecule has 0 spiro atoms. The fraction of sp³-hybridized carbons (Fsp3) is 0.923. The number of unbranched alkanes of at least 4 members (excludes halogenated alkanes) is 26. The van der Waals surface area contributed by atoms with E-state index in [1.165, 1.54) is 154 Å². The van der Waals surface area contributed by atoms with E-state index in [9.17, 15) is 20.1 Å². The van der Waals surface area contributed by atoms with Crippen LogP contribution in [-0.2, 0) is 4.79 Å². The van der Waals surface area contributed by atoms with Crippen molar-refractivity contribution < 1.29 is 20.1 Å². The maximum atomic E-state index is 12.4. The maximum absolute atomic E-state index is 12.4. The largest absolute Gasteiger partial charge is 0.394 e. The van der Waals surface area contributed by atoms with Gasteiger partial charge in [0, 0.05) is 0 Å². The fourth-order valence-electron chi connectivity index (χ4n) is 6.05. The Kier molecular flexibility index (Phi) is 34.2. The molecular weight excluding hydrogens is 546 g/mol. The molecule has 0 radical (unpaired) electrons. The monoisotopic (exact) mass is 624 g/mol. The topological polar surface area (TPSA) is 89.8 Å². The van der Waals surface area contributed by atoms with Crippen LogP contribution in [0.4, 0.5) is 0 Å². The van der Waals surface area contributed by atoms with Gasteiger partial charge < -0.3 is 20.6 Å². The van der Waals surface area contributed by atoms with E-state index in [1.807, 2.05) is 6.08 Å². The highest BCUT2D eigenvalue weighted by Crippen LogP contribution is 2.16. The summed E-state index contributed by atoms with van der Waals surface area (Å²) in [5, 5.41) is 33.0. The number of carbonyl (C=O) groups excluding carboxylic acids is 1. The highest BCUT2D eigenvalue weighted by molar-refractivity contribution is 5.76. The molecule has 0 aromatic carbocycles. The summed E-state index contributed by atoms with van der Waals surface area (Å²) in [7, 11) is 0. The van der Waals surface area contributed by atoms with E-state index in [0.29, 0.717) is 6.42 Å². The number of hydrogen-bond acceptors (Lipinski definition) is 4. The molecule has 3 atom stereocenters. The highest BCUT2D eigenvalue weighted by Gasteiger charge is 2.20. The van der Waals surface area contributed by atoms with Crippen molar-refractivity contribution in [2.24, 2.45) is 0 Å². The van der Waals surface area contributed by atoms with Gasteiger partial charge >= 0.3 is 0 Å². The number of aliphatic hydroxyl groups is 3. The third-order valence-electron chi connectivity index (χ3n) is 9.07. The number of carbonyl (C=O) groups is 1. The van der Waals surface area contributed by atoms with Crippen LogP contribution < -0.4 is 5.32 Å². The number of rotatable bonds is 35. The number of nitrogens with one attached hydrogen (secondary N) is 1. The van der Waals surface area contributed by atoms with Crippen LogP contribution in [0.5, 0.6) is 0 Å². The lowest BCUT2D eigenvalue weighted by Gasteiger charge is -2.21. The molecule has 0 rings (SSSR count). The molecule has 0 aromatic rings. The second-order valence-electron chi connectivity index (χ2n) is 13.5. The average Bonchev–Trinajstić information content (AvgIpc) is 3.01. The minimum absolute atomic E-state index is 0.0182. The lowest BCUT2D eigenvalue weighted by atomic mass is 10.0. The molecule has 5 nitrogen and oxygen atoms in total. The van der Waals surface area contributed by atoms with Crippen molar-refractivity contribution in [3.05, 3.63) is 12.2 Å². The van der Waals surface area contributed by atoms with Crippen LogP contribution in [0.1, 0.15) is 206 Å². The Hall–Kier alpha value is -0.910.